The third-order valence-corrected chi connectivity index (χ3v) is 3.36. The van der Waals surface area contributed by atoms with E-state index >= 15 is 0 Å². The number of ether oxygens (including phenoxy) is 1. The Morgan fingerprint density at radius 1 is 1.23 bits per heavy atom. The van der Waals surface area contributed by atoms with Gasteiger partial charge in [0.25, 0.3) is 0 Å². The first-order valence-corrected chi connectivity index (χ1v) is 7.09. The number of hydrogen-bond acceptors (Lipinski definition) is 3. The van der Waals surface area contributed by atoms with Gasteiger partial charge >= 0.3 is 6.18 Å². The van der Waals surface area contributed by atoms with Crippen LogP contribution in [0.1, 0.15) is 19.4 Å². The molecule has 0 aromatic heterocycles. The molecule has 2 rings (SSSR count). The Labute approximate surface area is 127 Å². The van der Waals surface area contributed by atoms with Gasteiger partial charge in [0.15, 0.2) is 0 Å². The van der Waals surface area contributed by atoms with E-state index in [4.69, 9.17) is 4.74 Å². The minimum Gasteiger partial charge on any atom is -0.373 e. The zero-order valence-corrected chi connectivity index (χ0v) is 12.5. The lowest BCUT2D eigenvalue weighted by Crippen LogP contribution is -2.48. The van der Waals surface area contributed by atoms with Gasteiger partial charge in [-0.25, -0.2) is 0 Å². The number of alkyl halides is 3. The van der Waals surface area contributed by atoms with Gasteiger partial charge in [0.1, 0.15) is 0 Å². The summed E-state index contributed by atoms with van der Waals surface area (Å²) < 4.78 is 43.0. The molecule has 2 atom stereocenters. The summed E-state index contributed by atoms with van der Waals surface area (Å²) in [7, 11) is 0. The highest BCUT2D eigenvalue weighted by Gasteiger charge is 2.30. The largest absolute Gasteiger partial charge is 0.416 e. The van der Waals surface area contributed by atoms with Gasteiger partial charge in [-0.2, -0.15) is 13.2 Å². The zero-order chi connectivity index (χ0) is 16.3. The van der Waals surface area contributed by atoms with Gasteiger partial charge in [-0.3, -0.25) is 9.69 Å². The van der Waals surface area contributed by atoms with Crippen molar-refractivity contribution in [2.24, 2.45) is 0 Å². The Morgan fingerprint density at radius 2 is 1.77 bits per heavy atom. The molecule has 1 aliphatic heterocycles. The minimum atomic E-state index is -4.37. The standard InChI is InChI=1S/C15H19F3N2O2/c1-10-7-20(8-11(2)22-10)9-14(21)19-13-5-3-12(4-6-13)15(16,17)18/h3-6,10-11H,7-9H2,1-2H3,(H,19,21)/t10-,11-/m0/s1. The number of nitrogens with one attached hydrogen (secondary N) is 1. The van der Waals surface area contributed by atoms with Crippen LogP contribution >= 0.6 is 0 Å². The third-order valence-electron chi connectivity index (χ3n) is 3.36. The fourth-order valence-electron chi connectivity index (χ4n) is 2.56. The van der Waals surface area contributed by atoms with Crippen LogP contribution in [0.4, 0.5) is 18.9 Å². The second kappa shape index (κ2) is 6.66. The van der Waals surface area contributed by atoms with Crippen LogP contribution in [0.25, 0.3) is 0 Å². The van der Waals surface area contributed by atoms with Crippen LogP contribution in [0, 0.1) is 0 Å². The monoisotopic (exact) mass is 316 g/mol. The number of halogens is 3. The van der Waals surface area contributed by atoms with Crippen molar-refractivity contribution in [3.63, 3.8) is 0 Å². The summed E-state index contributed by atoms with van der Waals surface area (Å²) in [4.78, 5) is 13.9. The molecule has 0 unspecified atom stereocenters. The van der Waals surface area contributed by atoms with Crippen molar-refractivity contribution in [3.05, 3.63) is 29.8 Å². The molecule has 0 saturated carbocycles. The van der Waals surface area contributed by atoms with Crippen molar-refractivity contribution in [1.29, 1.82) is 0 Å². The van der Waals surface area contributed by atoms with E-state index in [1.54, 1.807) is 0 Å². The second-order valence-electron chi connectivity index (χ2n) is 5.57. The first kappa shape index (κ1) is 16.8. The SMILES string of the molecule is C[C@H]1CN(CC(=O)Nc2ccc(C(F)(F)F)cc2)C[C@H](C)O1. The van der Waals surface area contributed by atoms with Crippen LogP contribution in [0.5, 0.6) is 0 Å². The molecule has 22 heavy (non-hydrogen) atoms. The first-order valence-electron chi connectivity index (χ1n) is 7.09. The summed E-state index contributed by atoms with van der Waals surface area (Å²) in [5, 5.41) is 2.61. The Balaban J connectivity index is 1.89. The van der Waals surface area contributed by atoms with Crippen LogP contribution in [0.2, 0.25) is 0 Å². The molecule has 1 amide bonds. The molecule has 1 heterocycles. The van der Waals surface area contributed by atoms with Crippen molar-refractivity contribution in [2.45, 2.75) is 32.2 Å². The lowest BCUT2D eigenvalue weighted by molar-refractivity contribution is -0.137. The number of benzene rings is 1. The molecule has 122 valence electrons. The molecule has 0 spiro atoms. The predicted octanol–water partition coefficient (Wildman–Crippen LogP) is 2.75. The summed E-state index contributed by atoms with van der Waals surface area (Å²) >= 11 is 0. The lowest BCUT2D eigenvalue weighted by atomic mass is 10.2. The van der Waals surface area contributed by atoms with Crippen molar-refractivity contribution < 1.29 is 22.7 Å². The van der Waals surface area contributed by atoms with E-state index in [1.165, 1.54) is 12.1 Å². The summed E-state index contributed by atoms with van der Waals surface area (Å²) in [6, 6.07) is 4.42. The molecule has 1 saturated heterocycles. The van der Waals surface area contributed by atoms with E-state index in [1.807, 2.05) is 18.7 Å². The first-order chi connectivity index (χ1) is 10.2. The molecule has 7 heteroatoms. The Morgan fingerprint density at radius 3 is 2.27 bits per heavy atom. The number of carbonyl (C=O) groups excluding carboxylic acids is 1. The van der Waals surface area contributed by atoms with E-state index in [2.05, 4.69) is 5.32 Å². The summed E-state index contributed by atoms with van der Waals surface area (Å²) in [5.74, 6) is -0.249. The molecule has 1 aromatic carbocycles. The number of nitrogens with zero attached hydrogens (tertiary/aromatic N) is 1. The normalized spacial score (nSPS) is 23.3. The highest BCUT2D eigenvalue weighted by molar-refractivity contribution is 5.92. The van der Waals surface area contributed by atoms with Crippen LogP contribution in [0.15, 0.2) is 24.3 Å². The Hall–Kier alpha value is -1.60. The maximum Gasteiger partial charge on any atom is 0.416 e. The van der Waals surface area contributed by atoms with Crippen LogP contribution in [-0.4, -0.2) is 42.6 Å². The van der Waals surface area contributed by atoms with Gasteiger partial charge in [-0.05, 0) is 38.1 Å². The number of carbonyl (C=O) groups is 1. The van der Waals surface area contributed by atoms with Crippen molar-refractivity contribution in [3.8, 4) is 0 Å². The number of rotatable bonds is 3. The van der Waals surface area contributed by atoms with E-state index < -0.39 is 11.7 Å². The molecule has 1 fully saturated rings. The number of amides is 1. The van der Waals surface area contributed by atoms with Gasteiger partial charge in [-0.1, -0.05) is 0 Å². The van der Waals surface area contributed by atoms with E-state index in [9.17, 15) is 18.0 Å². The van der Waals surface area contributed by atoms with Crippen molar-refractivity contribution >= 4 is 11.6 Å². The fraction of sp³-hybridized carbons (Fsp3) is 0.533. The van der Waals surface area contributed by atoms with Crippen molar-refractivity contribution in [1.82, 2.24) is 4.90 Å². The molecule has 1 aliphatic rings. The highest BCUT2D eigenvalue weighted by Crippen LogP contribution is 2.29. The summed E-state index contributed by atoms with van der Waals surface area (Å²) in [6.07, 6.45) is -4.26. The molecule has 1 N–H and O–H groups in total. The summed E-state index contributed by atoms with van der Waals surface area (Å²) in [6.45, 7) is 5.39. The van der Waals surface area contributed by atoms with Crippen molar-refractivity contribution in [2.75, 3.05) is 25.0 Å². The van der Waals surface area contributed by atoms with E-state index in [0.29, 0.717) is 18.8 Å². The lowest BCUT2D eigenvalue weighted by Gasteiger charge is -2.34. The maximum atomic E-state index is 12.5. The van der Waals surface area contributed by atoms with Gasteiger partial charge in [-0.15, -0.1) is 0 Å². The van der Waals surface area contributed by atoms with Crippen LogP contribution in [0.3, 0.4) is 0 Å². The molecule has 4 nitrogen and oxygen atoms in total. The Bertz CT molecular complexity index is 507. The molecule has 0 radical (unpaired) electrons. The smallest absolute Gasteiger partial charge is 0.373 e. The topological polar surface area (TPSA) is 41.6 Å². The van der Waals surface area contributed by atoms with Gasteiger partial charge in [0, 0.05) is 18.8 Å². The third kappa shape index (κ3) is 4.71. The van der Waals surface area contributed by atoms with Crippen LogP contribution < -0.4 is 5.32 Å². The number of morpholine rings is 1. The van der Waals surface area contributed by atoms with E-state index in [-0.39, 0.29) is 24.7 Å². The van der Waals surface area contributed by atoms with Gasteiger partial charge in [0.2, 0.25) is 5.91 Å². The average molecular weight is 316 g/mol. The molecule has 1 aromatic rings. The molecule has 0 aliphatic carbocycles. The van der Waals surface area contributed by atoms with Gasteiger partial charge in [0.05, 0.1) is 24.3 Å². The molecular formula is C15H19F3N2O2. The van der Waals surface area contributed by atoms with E-state index in [0.717, 1.165) is 12.1 Å². The molecular weight excluding hydrogens is 297 g/mol. The predicted molar refractivity (Wildman–Crippen MR) is 76.5 cm³/mol. The molecule has 0 bridgehead atoms. The van der Waals surface area contributed by atoms with Gasteiger partial charge < -0.3 is 10.1 Å². The fourth-order valence-corrected chi connectivity index (χ4v) is 2.56. The Kier molecular flexibility index (Phi) is 5.08. The number of anilines is 1. The quantitative estimate of drug-likeness (QED) is 0.932. The second-order valence-corrected chi connectivity index (χ2v) is 5.57. The maximum absolute atomic E-state index is 12.5. The van der Waals surface area contributed by atoms with Crippen LogP contribution in [-0.2, 0) is 15.7 Å². The minimum absolute atomic E-state index is 0.0580. The average Bonchev–Trinajstić information content (AvgIpc) is 2.36. The number of hydrogen-bond donors (Lipinski definition) is 1. The summed E-state index contributed by atoms with van der Waals surface area (Å²) in [5.41, 5.74) is -0.381. The highest BCUT2D eigenvalue weighted by atomic mass is 19.4. The zero-order valence-electron chi connectivity index (χ0n) is 12.5.